The third-order valence-electron chi connectivity index (χ3n) is 4.64. The van der Waals surface area contributed by atoms with Crippen LogP contribution in [0.2, 0.25) is 0 Å². The molecule has 7 nitrogen and oxygen atoms in total. The second-order valence-electron chi connectivity index (χ2n) is 7.14. The molecule has 1 amide bonds. The van der Waals surface area contributed by atoms with Crippen LogP contribution in [0, 0.1) is 6.92 Å². The van der Waals surface area contributed by atoms with Gasteiger partial charge >= 0.3 is 0 Å². The van der Waals surface area contributed by atoms with Crippen LogP contribution in [0.3, 0.4) is 0 Å². The second kappa shape index (κ2) is 8.79. The Hall–Kier alpha value is -2.70. The quantitative estimate of drug-likeness (QED) is 0.844. The number of aryl methyl sites for hydroxylation is 1. The van der Waals surface area contributed by atoms with Gasteiger partial charge in [-0.2, -0.15) is 0 Å². The second-order valence-corrected chi connectivity index (χ2v) is 7.14. The first-order valence-electron chi connectivity index (χ1n) is 9.56. The maximum atomic E-state index is 12.5. The lowest BCUT2D eigenvalue weighted by atomic mass is 10.2. The van der Waals surface area contributed by atoms with E-state index in [1.54, 1.807) is 6.20 Å². The largest absolute Gasteiger partial charge is 0.369 e. The van der Waals surface area contributed by atoms with E-state index in [0.29, 0.717) is 13.0 Å². The first kappa shape index (κ1) is 19.1. The Morgan fingerprint density at radius 1 is 1.19 bits per heavy atom. The summed E-state index contributed by atoms with van der Waals surface area (Å²) in [5.74, 6) is 3.06. The molecule has 0 aromatic carbocycles. The van der Waals surface area contributed by atoms with E-state index in [0.717, 1.165) is 49.3 Å². The Labute approximate surface area is 160 Å². The average molecular weight is 368 g/mol. The molecule has 144 valence electrons. The lowest BCUT2D eigenvalue weighted by Crippen LogP contribution is -2.49. The van der Waals surface area contributed by atoms with E-state index in [1.165, 1.54) is 0 Å². The van der Waals surface area contributed by atoms with Crippen molar-refractivity contribution < 1.29 is 4.79 Å². The number of nitrogens with one attached hydrogen (secondary N) is 1. The van der Waals surface area contributed by atoms with Gasteiger partial charge in [-0.3, -0.25) is 4.79 Å². The van der Waals surface area contributed by atoms with Crippen molar-refractivity contribution in [2.24, 2.45) is 0 Å². The molecule has 0 aliphatic carbocycles. The summed E-state index contributed by atoms with van der Waals surface area (Å²) in [6.45, 7) is 9.80. The molecule has 1 fully saturated rings. The van der Waals surface area contributed by atoms with Crippen molar-refractivity contribution in [3.05, 3.63) is 42.0 Å². The molecular weight excluding hydrogens is 340 g/mol. The topological polar surface area (TPSA) is 74.2 Å². The zero-order valence-corrected chi connectivity index (χ0v) is 16.4. The number of hydrogen-bond acceptors (Lipinski definition) is 6. The minimum Gasteiger partial charge on any atom is -0.369 e. The van der Waals surface area contributed by atoms with E-state index in [4.69, 9.17) is 0 Å². The highest BCUT2D eigenvalue weighted by Gasteiger charge is 2.21. The van der Waals surface area contributed by atoms with Crippen molar-refractivity contribution in [3.8, 4) is 0 Å². The van der Waals surface area contributed by atoms with Gasteiger partial charge < -0.3 is 15.1 Å². The van der Waals surface area contributed by atoms with Crippen LogP contribution in [0.5, 0.6) is 0 Å². The van der Waals surface area contributed by atoms with E-state index < -0.39 is 0 Å². The van der Waals surface area contributed by atoms with Crippen molar-refractivity contribution in [1.82, 2.24) is 19.9 Å². The molecule has 1 aliphatic heterocycles. The van der Waals surface area contributed by atoms with Gasteiger partial charge in [0.1, 0.15) is 17.5 Å². The highest BCUT2D eigenvalue weighted by molar-refractivity contribution is 5.77. The molecule has 0 atom stereocenters. The predicted molar refractivity (Wildman–Crippen MR) is 107 cm³/mol. The molecule has 0 unspecified atom stereocenters. The van der Waals surface area contributed by atoms with Crippen molar-refractivity contribution in [2.45, 2.75) is 33.1 Å². The molecule has 0 spiro atoms. The minimum absolute atomic E-state index is 0.179. The summed E-state index contributed by atoms with van der Waals surface area (Å²) in [5, 5.41) is 3.27. The summed E-state index contributed by atoms with van der Waals surface area (Å²) in [4.78, 5) is 30.0. The Morgan fingerprint density at radius 3 is 2.63 bits per heavy atom. The van der Waals surface area contributed by atoms with Crippen LogP contribution in [0.15, 0.2) is 30.5 Å². The highest BCUT2D eigenvalue weighted by Crippen LogP contribution is 2.15. The molecule has 0 saturated carbocycles. The fourth-order valence-corrected chi connectivity index (χ4v) is 3.12. The van der Waals surface area contributed by atoms with Crippen molar-refractivity contribution in [3.63, 3.8) is 0 Å². The number of anilines is 2. The third-order valence-corrected chi connectivity index (χ3v) is 4.64. The van der Waals surface area contributed by atoms with Gasteiger partial charge in [-0.1, -0.05) is 19.9 Å². The number of carbonyl (C=O) groups excluding carboxylic acids is 1. The standard InChI is InChI=1S/C20H28N6O/c1-15(2)20-23-16(3)14-17(24-20)21-9-7-19(27)26-12-10-25(11-13-26)18-6-4-5-8-22-18/h4-6,8,14-15H,7,9-13H2,1-3H3,(H,21,23,24). The number of nitrogens with zero attached hydrogens (tertiary/aromatic N) is 5. The van der Waals surface area contributed by atoms with Crippen LogP contribution in [-0.4, -0.2) is 58.5 Å². The van der Waals surface area contributed by atoms with E-state index in [1.807, 2.05) is 36.1 Å². The molecule has 1 saturated heterocycles. The van der Waals surface area contributed by atoms with Gasteiger partial charge in [0.2, 0.25) is 5.91 Å². The maximum Gasteiger partial charge on any atom is 0.224 e. The minimum atomic E-state index is 0.179. The van der Waals surface area contributed by atoms with Crippen LogP contribution >= 0.6 is 0 Å². The molecule has 7 heteroatoms. The summed E-state index contributed by atoms with van der Waals surface area (Å²) in [6, 6.07) is 7.84. The Kier molecular flexibility index (Phi) is 6.21. The molecule has 3 rings (SSSR count). The Morgan fingerprint density at radius 2 is 1.96 bits per heavy atom. The van der Waals surface area contributed by atoms with Crippen LogP contribution in [0.4, 0.5) is 11.6 Å². The van der Waals surface area contributed by atoms with E-state index in [9.17, 15) is 4.79 Å². The van der Waals surface area contributed by atoms with Crippen molar-refractivity contribution in [2.75, 3.05) is 42.9 Å². The fourth-order valence-electron chi connectivity index (χ4n) is 3.12. The summed E-state index contributed by atoms with van der Waals surface area (Å²) >= 11 is 0. The van der Waals surface area contributed by atoms with Gasteiger partial charge in [-0.25, -0.2) is 15.0 Å². The Bertz CT molecular complexity index is 756. The number of pyridine rings is 1. The SMILES string of the molecule is Cc1cc(NCCC(=O)N2CCN(c3ccccn3)CC2)nc(C(C)C)n1. The molecule has 0 bridgehead atoms. The van der Waals surface area contributed by atoms with Gasteiger partial charge in [0.25, 0.3) is 0 Å². The number of rotatable bonds is 6. The molecule has 1 aliphatic rings. The number of amides is 1. The molecule has 27 heavy (non-hydrogen) atoms. The average Bonchev–Trinajstić information content (AvgIpc) is 2.68. The zero-order valence-electron chi connectivity index (χ0n) is 16.4. The number of piperazine rings is 1. The summed E-state index contributed by atoms with van der Waals surface area (Å²) in [5.41, 5.74) is 0.938. The van der Waals surface area contributed by atoms with Crippen LogP contribution in [0.25, 0.3) is 0 Å². The van der Waals surface area contributed by atoms with Crippen molar-refractivity contribution >= 4 is 17.5 Å². The van der Waals surface area contributed by atoms with Crippen LogP contribution in [-0.2, 0) is 4.79 Å². The summed E-state index contributed by atoms with van der Waals surface area (Å²) in [7, 11) is 0. The van der Waals surface area contributed by atoms with Crippen LogP contribution < -0.4 is 10.2 Å². The van der Waals surface area contributed by atoms with E-state index in [-0.39, 0.29) is 11.8 Å². The molecule has 3 heterocycles. The fraction of sp³-hybridized carbons (Fsp3) is 0.500. The van der Waals surface area contributed by atoms with Crippen LogP contribution in [0.1, 0.15) is 37.7 Å². The number of carbonyl (C=O) groups is 1. The Balaban J connectivity index is 1.45. The van der Waals surface area contributed by atoms with Crippen molar-refractivity contribution in [1.29, 1.82) is 0 Å². The molecule has 2 aromatic rings. The van der Waals surface area contributed by atoms with Gasteiger partial charge in [-0.05, 0) is 19.1 Å². The zero-order chi connectivity index (χ0) is 19.2. The van der Waals surface area contributed by atoms with Gasteiger partial charge in [0.05, 0.1) is 0 Å². The predicted octanol–water partition coefficient (Wildman–Crippen LogP) is 2.45. The molecule has 1 N–H and O–H groups in total. The lowest BCUT2D eigenvalue weighted by molar-refractivity contribution is -0.131. The number of hydrogen-bond donors (Lipinski definition) is 1. The monoisotopic (exact) mass is 368 g/mol. The first-order chi connectivity index (χ1) is 13.0. The van der Waals surface area contributed by atoms with E-state index in [2.05, 4.69) is 39.0 Å². The normalized spacial score (nSPS) is 14.5. The third kappa shape index (κ3) is 5.15. The lowest BCUT2D eigenvalue weighted by Gasteiger charge is -2.35. The summed E-state index contributed by atoms with van der Waals surface area (Å²) in [6.07, 6.45) is 2.27. The highest BCUT2D eigenvalue weighted by atomic mass is 16.2. The molecule has 2 aromatic heterocycles. The molecule has 0 radical (unpaired) electrons. The van der Waals surface area contributed by atoms with Gasteiger partial charge in [0, 0.05) is 63.0 Å². The number of aromatic nitrogens is 3. The molecular formula is C20H28N6O. The smallest absolute Gasteiger partial charge is 0.224 e. The van der Waals surface area contributed by atoms with Gasteiger partial charge in [0.15, 0.2) is 0 Å². The maximum absolute atomic E-state index is 12.5. The van der Waals surface area contributed by atoms with Gasteiger partial charge in [-0.15, -0.1) is 0 Å². The van der Waals surface area contributed by atoms with E-state index >= 15 is 0 Å². The summed E-state index contributed by atoms with van der Waals surface area (Å²) < 4.78 is 0. The first-order valence-corrected chi connectivity index (χ1v) is 9.56.